The van der Waals surface area contributed by atoms with E-state index in [0.717, 1.165) is 22.8 Å². The fraction of sp³-hybridized carbons (Fsp3) is 0.167. The van der Waals surface area contributed by atoms with Crippen LogP contribution in [-0.4, -0.2) is 15.4 Å². The van der Waals surface area contributed by atoms with Crippen molar-refractivity contribution >= 4 is 17.5 Å². The molecule has 0 amide bonds. The molecule has 17 heavy (non-hydrogen) atoms. The van der Waals surface area contributed by atoms with Gasteiger partial charge in [-0.3, -0.25) is 0 Å². The Morgan fingerprint density at radius 2 is 2.29 bits per heavy atom. The van der Waals surface area contributed by atoms with Crippen LogP contribution in [0.2, 0.25) is 0 Å². The zero-order valence-electron chi connectivity index (χ0n) is 9.21. The Kier molecular flexibility index (Phi) is 3.39. The molecule has 0 spiro atoms. The number of aryl methyl sites for hydroxylation is 1. The standard InChI is InChI=1S/C12H11NO3S/c1-8-3-2-4-10(5-8)16-7-9-6-11(12(14)15)17-13-9/h2-6H,7H2,1H3,(H,14,15). The third-order valence-electron chi connectivity index (χ3n) is 2.15. The first-order valence-electron chi connectivity index (χ1n) is 5.03. The first kappa shape index (κ1) is 11.6. The highest BCUT2D eigenvalue weighted by atomic mass is 32.1. The van der Waals surface area contributed by atoms with Gasteiger partial charge in [-0.05, 0) is 42.2 Å². The van der Waals surface area contributed by atoms with Crippen molar-refractivity contribution in [2.75, 3.05) is 0 Å². The number of aromatic nitrogens is 1. The Labute approximate surface area is 103 Å². The van der Waals surface area contributed by atoms with Crippen LogP contribution in [0.25, 0.3) is 0 Å². The lowest BCUT2D eigenvalue weighted by Gasteiger charge is -2.04. The number of carboxylic acids is 1. The van der Waals surface area contributed by atoms with Crippen LogP contribution in [0, 0.1) is 6.92 Å². The Morgan fingerprint density at radius 1 is 1.47 bits per heavy atom. The number of hydrogen-bond acceptors (Lipinski definition) is 4. The predicted octanol–water partition coefficient (Wildman–Crippen LogP) is 2.73. The Hall–Kier alpha value is -1.88. The summed E-state index contributed by atoms with van der Waals surface area (Å²) in [6.45, 7) is 2.27. The van der Waals surface area contributed by atoms with Crippen molar-refractivity contribution < 1.29 is 14.6 Å². The number of carbonyl (C=O) groups is 1. The Balaban J connectivity index is 2.00. The SMILES string of the molecule is Cc1cccc(OCc2cc(C(=O)O)sn2)c1. The summed E-state index contributed by atoms with van der Waals surface area (Å²) in [6, 6.07) is 9.21. The lowest BCUT2D eigenvalue weighted by Crippen LogP contribution is -1.96. The second kappa shape index (κ2) is 4.97. The van der Waals surface area contributed by atoms with Crippen molar-refractivity contribution in [2.45, 2.75) is 13.5 Å². The number of hydrogen-bond donors (Lipinski definition) is 1. The van der Waals surface area contributed by atoms with E-state index in [1.807, 2.05) is 31.2 Å². The minimum atomic E-state index is -0.954. The van der Waals surface area contributed by atoms with Gasteiger partial charge < -0.3 is 9.84 Å². The molecule has 0 aliphatic carbocycles. The second-order valence-electron chi connectivity index (χ2n) is 3.59. The molecule has 0 saturated heterocycles. The molecule has 0 aliphatic rings. The number of ether oxygens (including phenoxy) is 1. The molecule has 1 aromatic carbocycles. The molecule has 1 aromatic heterocycles. The molecule has 0 bridgehead atoms. The molecule has 1 heterocycles. The maximum Gasteiger partial charge on any atom is 0.347 e. The van der Waals surface area contributed by atoms with Crippen LogP contribution >= 0.6 is 11.5 Å². The molecule has 0 radical (unpaired) electrons. The maximum absolute atomic E-state index is 10.7. The van der Waals surface area contributed by atoms with E-state index in [9.17, 15) is 4.79 Å². The molecular weight excluding hydrogens is 238 g/mol. The summed E-state index contributed by atoms with van der Waals surface area (Å²) in [7, 11) is 0. The first-order chi connectivity index (χ1) is 8.15. The third kappa shape index (κ3) is 3.04. The van der Waals surface area contributed by atoms with Gasteiger partial charge in [-0.15, -0.1) is 0 Å². The summed E-state index contributed by atoms with van der Waals surface area (Å²) in [4.78, 5) is 10.9. The van der Waals surface area contributed by atoms with Crippen molar-refractivity contribution in [3.8, 4) is 5.75 Å². The first-order valence-corrected chi connectivity index (χ1v) is 5.81. The molecule has 0 saturated carbocycles. The van der Waals surface area contributed by atoms with Crippen molar-refractivity contribution in [1.29, 1.82) is 0 Å². The molecule has 1 N–H and O–H groups in total. The minimum Gasteiger partial charge on any atom is -0.487 e. The molecule has 4 nitrogen and oxygen atoms in total. The highest BCUT2D eigenvalue weighted by Gasteiger charge is 2.08. The van der Waals surface area contributed by atoms with Gasteiger partial charge in [-0.2, -0.15) is 4.37 Å². The van der Waals surface area contributed by atoms with Gasteiger partial charge in [-0.25, -0.2) is 4.79 Å². The quantitative estimate of drug-likeness (QED) is 0.905. The van der Waals surface area contributed by atoms with Crippen molar-refractivity contribution in [1.82, 2.24) is 4.37 Å². The fourth-order valence-corrected chi connectivity index (χ4v) is 1.93. The lowest BCUT2D eigenvalue weighted by atomic mass is 10.2. The molecule has 0 fully saturated rings. The summed E-state index contributed by atoms with van der Waals surface area (Å²) >= 11 is 0.966. The summed E-state index contributed by atoms with van der Waals surface area (Å²) in [5, 5.41) is 8.75. The van der Waals surface area contributed by atoms with Gasteiger partial charge >= 0.3 is 5.97 Å². The average Bonchev–Trinajstić information content (AvgIpc) is 2.75. The topological polar surface area (TPSA) is 59.4 Å². The van der Waals surface area contributed by atoms with E-state index in [0.29, 0.717) is 5.69 Å². The van der Waals surface area contributed by atoms with Crippen molar-refractivity contribution in [3.63, 3.8) is 0 Å². The van der Waals surface area contributed by atoms with Crippen LogP contribution in [0.1, 0.15) is 20.9 Å². The van der Waals surface area contributed by atoms with Crippen LogP contribution in [0.4, 0.5) is 0 Å². The maximum atomic E-state index is 10.7. The highest BCUT2D eigenvalue weighted by Crippen LogP contribution is 2.16. The number of nitrogens with zero attached hydrogens (tertiary/aromatic N) is 1. The van der Waals surface area contributed by atoms with Crippen LogP contribution in [0.5, 0.6) is 5.75 Å². The summed E-state index contributed by atoms with van der Waals surface area (Å²) in [5.74, 6) is -0.195. The second-order valence-corrected chi connectivity index (χ2v) is 4.40. The van der Waals surface area contributed by atoms with Gasteiger partial charge in [0.1, 0.15) is 17.2 Å². The van der Waals surface area contributed by atoms with E-state index >= 15 is 0 Å². The zero-order valence-corrected chi connectivity index (χ0v) is 10.0. The van der Waals surface area contributed by atoms with E-state index in [1.54, 1.807) is 0 Å². The lowest BCUT2D eigenvalue weighted by molar-refractivity contribution is 0.0702. The van der Waals surface area contributed by atoms with Crippen LogP contribution in [-0.2, 0) is 6.61 Å². The van der Waals surface area contributed by atoms with E-state index in [4.69, 9.17) is 9.84 Å². The smallest absolute Gasteiger partial charge is 0.347 e. The zero-order chi connectivity index (χ0) is 12.3. The van der Waals surface area contributed by atoms with E-state index in [-0.39, 0.29) is 11.5 Å². The van der Waals surface area contributed by atoms with Gasteiger partial charge in [0, 0.05) is 0 Å². The molecule has 5 heteroatoms. The van der Waals surface area contributed by atoms with Crippen molar-refractivity contribution in [2.24, 2.45) is 0 Å². The molecule has 2 rings (SSSR count). The van der Waals surface area contributed by atoms with Crippen molar-refractivity contribution in [3.05, 3.63) is 46.5 Å². The van der Waals surface area contributed by atoms with Crippen LogP contribution in [0.3, 0.4) is 0 Å². The molecular formula is C12H11NO3S. The van der Waals surface area contributed by atoms with E-state index < -0.39 is 5.97 Å². The van der Waals surface area contributed by atoms with Gasteiger partial charge in [0.2, 0.25) is 0 Å². The summed E-state index contributed by atoms with van der Waals surface area (Å²) < 4.78 is 9.53. The normalized spacial score (nSPS) is 10.2. The third-order valence-corrected chi connectivity index (χ3v) is 2.96. The molecule has 2 aromatic rings. The average molecular weight is 249 g/mol. The summed E-state index contributed by atoms with van der Waals surface area (Å²) in [5.41, 5.74) is 1.75. The number of aromatic carboxylic acids is 1. The van der Waals surface area contributed by atoms with Gasteiger partial charge in [0.25, 0.3) is 0 Å². The number of benzene rings is 1. The van der Waals surface area contributed by atoms with Gasteiger partial charge in [0.05, 0.1) is 5.69 Å². The van der Waals surface area contributed by atoms with Gasteiger partial charge in [0.15, 0.2) is 0 Å². The summed E-state index contributed by atoms with van der Waals surface area (Å²) in [6.07, 6.45) is 0. The fourth-order valence-electron chi connectivity index (χ4n) is 1.34. The minimum absolute atomic E-state index is 0.229. The van der Waals surface area contributed by atoms with Gasteiger partial charge in [-0.1, -0.05) is 12.1 Å². The largest absolute Gasteiger partial charge is 0.487 e. The predicted molar refractivity (Wildman–Crippen MR) is 64.6 cm³/mol. The molecule has 0 atom stereocenters. The van der Waals surface area contributed by atoms with E-state index in [1.165, 1.54) is 6.07 Å². The Bertz CT molecular complexity index is 536. The molecule has 88 valence electrons. The number of carboxylic acid groups (broad SMARTS) is 1. The Morgan fingerprint density at radius 3 is 2.94 bits per heavy atom. The monoisotopic (exact) mass is 249 g/mol. The number of rotatable bonds is 4. The highest BCUT2D eigenvalue weighted by molar-refractivity contribution is 7.08. The van der Waals surface area contributed by atoms with Crippen LogP contribution in [0.15, 0.2) is 30.3 Å². The molecule has 0 aliphatic heterocycles. The van der Waals surface area contributed by atoms with E-state index in [2.05, 4.69) is 4.37 Å². The van der Waals surface area contributed by atoms with Crippen LogP contribution < -0.4 is 4.74 Å². The molecule has 0 unspecified atom stereocenters.